The minimum absolute atomic E-state index is 0.0227. The number of aromatic nitrogens is 5. The molecule has 0 spiro atoms. The Morgan fingerprint density at radius 3 is 2.66 bits per heavy atom. The molecule has 176 valence electrons. The molecule has 6 rings (SSSR count). The standard InChI is InChI=1S/C26H24N6O3/c1-15-6-5-7-16(2)22(15)28-20(33)12-32-19-9-4-3-8-18(19)23-24(32)26(34)31(14-27-23)13-21-29-25(30-35-21)17-10-11-17/h3-9,14,17H,10-13H2,1-2H3,(H,28,33). The van der Waals surface area contributed by atoms with Gasteiger partial charge in [0.05, 0.1) is 11.8 Å². The molecule has 0 unspecified atom stereocenters. The van der Waals surface area contributed by atoms with Gasteiger partial charge < -0.3 is 14.4 Å². The van der Waals surface area contributed by atoms with Gasteiger partial charge in [-0.2, -0.15) is 4.98 Å². The number of anilines is 1. The Labute approximate surface area is 200 Å². The van der Waals surface area contributed by atoms with E-state index in [1.54, 1.807) is 4.57 Å². The summed E-state index contributed by atoms with van der Waals surface area (Å²) in [5, 5.41) is 7.87. The Morgan fingerprint density at radius 2 is 1.89 bits per heavy atom. The van der Waals surface area contributed by atoms with Crippen LogP contribution in [0.5, 0.6) is 0 Å². The average Bonchev–Trinajstić information content (AvgIpc) is 3.51. The Kier molecular flexibility index (Phi) is 4.98. The van der Waals surface area contributed by atoms with Gasteiger partial charge in [0.25, 0.3) is 5.56 Å². The molecule has 3 aromatic heterocycles. The number of nitrogens with zero attached hydrogens (tertiary/aromatic N) is 5. The predicted octanol–water partition coefficient (Wildman–Crippen LogP) is 3.92. The predicted molar refractivity (Wildman–Crippen MR) is 131 cm³/mol. The highest BCUT2D eigenvalue weighted by Crippen LogP contribution is 2.38. The van der Waals surface area contributed by atoms with Gasteiger partial charge in [-0.3, -0.25) is 14.2 Å². The van der Waals surface area contributed by atoms with E-state index in [-0.39, 0.29) is 24.6 Å². The topological polar surface area (TPSA) is 108 Å². The smallest absolute Gasteiger partial charge is 0.278 e. The molecule has 35 heavy (non-hydrogen) atoms. The molecular weight excluding hydrogens is 444 g/mol. The number of carbonyl (C=O) groups is 1. The van der Waals surface area contributed by atoms with E-state index in [0.29, 0.717) is 28.7 Å². The van der Waals surface area contributed by atoms with Crippen molar-refractivity contribution in [1.29, 1.82) is 0 Å². The third-order valence-electron chi connectivity index (χ3n) is 6.51. The Balaban J connectivity index is 1.40. The van der Waals surface area contributed by atoms with Gasteiger partial charge in [-0.05, 0) is 43.9 Å². The maximum absolute atomic E-state index is 13.6. The van der Waals surface area contributed by atoms with Crippen molar-refractivity contribution in [3.63, 3.8) is 0 Å². The first-order valence-electron chi connectivity index (χ1n) is 11.6. The number of carbonyl (C=O) groups excluding carboxylic acids is 1. The van der Waals surface area contributed by atoms with E-state index in [1.807, 2.05) is 56.3 Å². The van der Waals surface area contributed by atoms with Gasteiger partial charge in [-0.15, -0.1) is 0 Å². The van der Waals surface area contributed by atoms with E-state index in [4.69, 9.17) is 4.52 Å². The van der Waals surface area contributed by atoms with Crippen molar-refractivity contribution >= 4 is 33.5 Å². The zero-order valence-corrected chi connectivity index (χ0v) is 19.5. The Hall–Kier alpha value is -4.27. The van der Waals surface area contributed by atoms with Crippen LogP contribution in [0.4, 0.5) is 5.69 Å². The highest BCUT2D eigenvalue weighted by Gasteiger charge is 2.29. The molecule has 0 saturated heterocycles. The molecule has 0 atom stereocenters. The molecule has 5 aromatic rings. The van der Waals surface area contributed by atoms with E-state index >= 15 is 0 Å². The normalized spacial score (nSPS) is 13.5. The molecular formula is C26H24N6O3. The number of hydrogen-bond donors (Lipinski definition) is 1. The van der Waals surface area contributed by atoms with Crippen molar-refractivity contribution in [1.82, 2.24) is 24.3 Å². The van der Waals surface area contributed by atoms with Gasteiger partial charge in [0, 0.05) is 17.0 Å². The summed E-state index contributed by atoms with van der Waals surface area (Å²) in [5.41, 5.74) is 4.19. The van der Waals surface area contributed by atoms with Crippen LogP contribution in [0.3, 0.4) is 0 Å². The third-order valence-corrected chi connectivity index (χ3v) is 6.51. The lowest BCUT2D eigenvalue weighted by Gasteiger charge is -2.13. The first-order valence-corrected chi connectivity index (χ1v) is 11.6. The van der Waals surface area contributed by atoms with Crippen molar-refractivity contribution in [2.75, 3.05) is 5.32 Å². The molecule has 3 heterocycles. The third kappa shape index (κ3) is 3.78. The molecule has 0 aliphatic heterocycles. The molecule has 1 amide bonds. The SMILES string of the molecule is Cc1cccc(C)c1NC(=O)Cn1c2ccccc2c2ncn(Cc3nc(C4CC4)no3)c(=O)c21. The fourth-order valence-electron chi connectivity index (χ4n) is 4.54. The summed E-state index contributed by atoms with van der Waals surface area (Å²) < 4.78 is 8.55. The number of rotatable bonds is 6. The molecule has 1 fully saturated rings. The minimum Gasteiger partial charge on any atom is -0.337 e. The van der Waals surface area contributed by atoms with Gasteiger partial charge in [-0.25, -0.2) is 4.98 Å². The molecule has 2 aromatic carbocycles. The number of nitrogens with one attached hydrogen (secondary N) is 1. The van der Waals surface area contributed by atoms with Crippen LogP contribution < -0.4 is 10.9 Å². The highest BCUT2D eigenvalue weighted by atomic mass is 16.5. The zero-order chi connectivity index (χ0) is 24.1. The van der Waals surface area contributed by atoms with Gasteiger partial charge in [-0.1, -0.05) is 41.6 Å². The number of benzene rings is 2. The second-order valence-electron chi connectivity index (χ2n) is 9.11. The van der Waals surface area contributed by atoms with Crippen LogP contribution in [0.15, 0.2) is 58.1 Å². The molecule has 1 aliphatic rings. The lowest BCUT2D eigenvalue weighted by atomic mass is 10.1. The number of aryl methyl sites for hydroxylation is 2. The van der Waals surface area contributed by atoms with Gasteiger partial charge in [0.15, 0.2) is 5.82 Å². The summed E-state index contributed by atoms with van der Waals surface area (Å²) in [4.78, 5) is 35.8. The first-order chi connectivity index (χ1) is 17.0. The largest absolute Gasteiger partial charge is 0.337 e. The van der Waals surface area contributed by atoms with Gasteiger partial charge >= 0.3 is 0 Å². The second kappa shape index (κ2) is 8.19. The van der Waals surface area contributed by atoms with Crippen molar-refractivity contribution in [2.45, 2.75) is 45.7 Å². The summed E-state index contributed by atoms with van der Waals surface area (Å²) in [6.45, 7) is 4.01. The lowest BCUT2D eigenvalue weighted by molar-refractivity contribution is -0.116. The van der Waals surface area contributed by atoms with Crippen LogP contribution >= 0.6 is 0 Å². The lowest BCUT2D eigenvalue weighted by Crippen LogP contribution is -2.26. The van der Waals surface area contributed by atoms with Gasteiger partial charge in [0.1, 0.15) is 24.1 Å². The van der Waals surface area contributed by atoms with Crippen LogP contribution in [-0.4, -0.2) is 30.2 Å². The fourth-order valence-corrected chi connectivity index (χ4v) is 4.54. The average molecular weight is 469 g/mol. The van der Waals surface area contributed by atoms with Crippen LogP contribution in [0.25, 0.3) is 21.9 Å². The molecule has 1 N–H and O–H groups in total. The van der Waals surface area contributed by atoms with E-state index in [9.17, 15) is 9.59 Å². The van der Waals surface area contributed by atoms with Crippen molar-refractivity contribution in [3.05, 3.63) is 82.0 Å². The molecule has 9 heteroatoms. The molecule has 1 aliphatic carbocycles. The number of fused-ring (bicyclic) bond motifs is 3. The van der Waals surface area contributed by atoms with Gasteiger partial charge in [0.2, 0.25) is 11.8 Å². The van der Waals surface area contributed by atoms with Crippen molar-refractivity contribution in [2.24, 2.45) is 0 Å². The van der Waals surface area contributed by atoms with Crippen LogP contribution in [-0.2, 0) is 17.9 Å². The number of para-hydroxylation sites is 2. The molecule has 0 radical (unpaired) electrons. The first kappa shape index (κ1) is 21.3. The second-order valence-corrected chi connectivity index (χ2v) is 9.11. The molecule has 9 nitrogen and oxygen atoms in total. The number of hydrogen-bond acceptors (Lipinski definition) is 6. The summed E-state index contributed by atoms with van der Waals surface area (Å²) in [7, 11) is 0. The van der Waals surface area contributed by atoms with E-state index in [0.717, 1.165) is 40.6 Å². The Morgan fingerprint density at radius 1 is 1.11 bits per heavy atom. The summed E-state index contributed by atoms with van der Waals surface area (Å²) in [5.74, 6) is 1.21. The quantitative estimate of drug-likeness (QED) is 0.405. The summed E-state index contributed by atoms with van der Waals surface area (Å²) in [6, 6.07) is 13.5. The summed E-state index contributed by atoms with van der Waals surface area (Å²) >= 11 is 0. The van der Waals surface area contributed by atoms with E-state index in [1.165, 1.54) is 10.9 Å². The van der Waals surface area contributed by atoms with Crippen LogP contribution in [0, 0.1) is 13.8 Å². The zero-order valence-electron chi connectivity index (χ0n) is 19.5. The fraction of sp³-hybridized carbons (Fsp3) is 0.269. The maximum Gasteiger partial charge on any atom is 0.278 e. The monoisotopic (exact) mass is 468 g/mol. The maximum atomic E-state index is 13.6. The molecule has 0 bridgehead atoms. The Bertz CT molecular complexity index is 1640. The minimum atomic E-state index is -0.266. The highest BCUT2D eigenvalue weighted by molar-refractivity contribution is 6.06. The van der Waals surface area contributed by atoms with Crippen LogP contribution in [0.1, 0.15) is 41.6 Å². The molecule has 1 saturated carbocycles. The number of amides is 1. The van der Waals surface area contributed by atoms with E-state index < -0.39 is 0 Å². The van der Waals surface area contributed by atoms with Crippen molar-refractivity contribution in [3.8, 4) is 0 Å². The summed E-state index contributed by atoms with van der Waals surface area (Å²) in [6.07, 6.45) is 3.63. The van der Waals surface area contributed by atoms with E-state index in [2.05, 4.69) is 20.4 Å². The van der Waals surface area contributed by atoms with Crippen molar-refractivity contribution < 1.29 is 9.32 Å². The van der Waals surface area contributed by atoms with Crippen LogP contribution in [0.2, 0.25) is 0 Å².